The molecule has 0 atom stereocenters. The number of rotatable bonds is 6. The van der Waals surface area contributed by atoms with Crippen LogP contribution in [0.2, 0.25) is 0 Å². The highest BCUT2D eigenvalue weighted by molar-refractivity contribution is 5.89. The molecule has 0 fully saturated rings. The standard InChI is InChI=1S/C16H17N3O2/c1-4-6-14-15(17-18-19(14)11-5-2)12-7-9-13(10-8-12)16(20)21-3/h4-5,7-10H,1-2,6,11H2,3H3. The van der Waals surface area contributed by atoms with E-state index in [2.05, 4.69) is 28.2 Å². The normalized spacial score (nSPS) is 10.1. The molecule has 2 rings (SSSR count). The van der Waals surface area contributed by atoms with Crippen LogP contribution in [0.1, 0.15) is 16.1 Å². The van der Waals surface area contributed by atoms with E-state index in [1.165, 1.54) is 7.11 Å². The lowest BCUT2D eigenvalue weighted by Crippen LogP contribution is -2.03. The summed E-state index contributed by atoms with van der Waals surface area (Å²) in [5.74, 6) is -0.358. The smallest absolute Gasteiger partial charge is 0.337 e. The molecule has 0 bridgehead atoms. The lowest BCUT2D eigenvalue weighted by Gasteiger charge is -2.05. The van der Waals surface area contributed by atoms with Crippen LogP contribution in [0.5, 0.6) is 0 Å². The summed E-state index contributed by atoms with van der Waals surface area (Å²) >= 11 is 0. The van der Waals surface area contributed by atoms with Crippen molar-refractivity contribution in [3.8, 4) is 11.3 Å². The van der Waals surface area contributed by atoms with E-state index >= 15 is 0 Å². The Bertz CT molecular complexity index is 657. The van der Waals surface area contributed by atoms with E-state index in [4.69, 9.17) is 0 Å². The van der Waals surface area contributed by atoms with Crippen molar-refractivity contribution in [2.45, 2.75) is 13.0 Å². The van der Waals surface area contributed by atoms with Crippen LogP contribution in [-0.4, -0.2) is 28.1 Å². The Kier molecular flexibility index (Phi) is 4.66. The van der Waals surface area contributed by atoms with Crippen molar-refractivity contribution in [3.05, 3.63) is 60.8 Å². The van der Waals surface area contributed by atoms with Crippen LogP contribution in [0, 0.1) is 0 Å². The van der Waals surface area contributed by atoms with Gasteiger partial charge in [-0.3, -0.25) is 0 Å². The fourth-order valence-corrected chi connectivity index (χ4v) is 2.05. The lowest BCUT2D eigenvalue weighted by molar-refractivity contribution is 0.0601. The Hall–Kier alpha value is -2.69. The number of hydrogen-bond acceptors (Lipinski definition) is 4. The second-order valence-corrected chi connectivity index (χ2v) is 4.42. The average Bonchev–Trinajstić information content (AvgIpc) is 2.90. The zero-order valence-corrected chi connectivity index (χ0v) is 12.0. The maximum atomic E-state index is 11.4. The number of hydrogen-bond donors (Lipinski definition) is 0. The average molecular weight is 283 g/mol. The van der Waals surface area contributed by atoms with Gasteiger partial charge >= 0.3 is 5.97 Å². The van der Waals surface area contributed by atoms with Gasteiger partial charge < -0.3 is 4.74 Å². The van der Waals surface area contributed by atoms with Crippen LogP contribution >= 0.6 is 0 Å². The molecule has 21 heavy (non-hydrogen) atoms. The predicted octanol–water partition coefficient (Wildman–Crippen LogP) is 2.65. The Morgan fingerprint density at radius 2 is 2.00 bits per heavy atom. The van der Waals surface area contributed by atoms with Gasteiger partial charge in [0.1, 0.15) is 5.69 Å². The van der Waals surface area contributed by atoms with Gasteiger partial charge in [-0.1, -0.05) is 29.5 Å². The second-order valence-electron chi connectivity index (χ2n) is 4.42. The third-order valence-electron chi connectivity index (χ3n) is 3.06. The number of esters is 1. The van der Waals surface area contributed by atoms with E-state index in [1.807, 2.05) is 18.2 Å². The highest BCUT2D eigenvalue weighted by Crippen LogP contribution is 2.22. The highest BCUT2D eigenvalue weighted by atomic mass is 16.5. The molecule has 5 heteroatoms. The zero-order valence-electron chi connectivity index (χ0n) is 12.0. The lowest BCUT2D eigenvalue weighted by atomic mass is 10.1. The minimum atomic E-state index is -0.358. The van der Waals surface area contributed by atoms with Crippen molar-refractivity contribution in [2.75, 3.05) is 7.11 Å². The molecule has 0 aliphatic heterocycles. The quantitative estimate of drug-likeness (QED) is 0.604. The molecule has 2 aromatic rings. The number of carbonyl (C=O) groups is 1. The maximum absolute atomic E-state index is 11.4. The first kappa shape index (κ1) is 14.7. The largest absolute Gasteiger partial charge is 0.465 e. The molecule has 0 N–H and O–H groups in total. The summed E-state index contributed by atoms with van der Waals surface area (Å²) in [6, 6.07) is 7.10. The van der Waals surface area contributed by atoms with Gasteiger partial charge in [-0.2, -0.15) is 0 Å². The van der Waals surface area contributed by atoms with Crippen LogP contribution in [0.4, 0.5) is 0 Å². The highest BCUT2D eigenvalue weighted by Gasteiger charge is 2.13. The van der Waals surface area contributed by atoms with Crippen molar-refractivity contribution < 1.29 is 9.53 Å². The predicted molar refractivity (Wildman–Crippen MR) is 80.9 cm³/mol. The summed E-state index contributed by atoms with van der Waals surface area (Å²) in [6.45, 7) is 8.07. The van der Waals surface area contributed by atoms with Gasteiger partial charge in [0.15, 0.2) is 0 Å². The number of allylic oxidation sites excluding steroid dienone is 2. The molecule has 0 radical (unpaired) electrons. The summed E-state index contributed by atoms with van der Waals surface area (Å²) in [5.41, 5.74) is 3.16. The SMILES string of the molecule is C=CCc1c(-c2ccc(C(=O)OC)cc2)nnn1CC=C. The van der Waals surface area contributed by atoms with Crippen molar-refractivity contribution in [2.24, 2.45) is 0 Å². The van der Waals surface area contributed by atoms with E-state index in [-0.39, 0.29) is 5.97 Å². The van der Waals surface area contributed by atoms with E-state index in [0.29, 0.717) is 18.5 Å². The summed E-state index contributed by atoms with van der Waals surface area (Å²) in [4.78, 5) is 11.4. The minimum Gasteiger partial charge on any atom is -0.465 e. The third-order valence-corrected chi connectivity index (χ3v) is 3.06. The molecule has 0 spiro atoms. The summed E-state index contributed by atoms with van der Waals surface area (Å²) in [7, 11) is 1.36. The van der Waals surface area contributed by atoms with Gasteiger partial charge in [0.2, 0.25) is 0 Å². The molecule has 0 saturated heterocycles. The first-order chi connectivity index (χ1) is 10.2. The van der Waals surface area contributed by atoms with Gasteiger partial charge in [0.25, 0.3) is 0 Å². The van der Waals surface area contributed by atoms with Crippen molar-refractivity contribution >= 4 is 5.97 Å². The van der Waals surface area contributed by atoms with Gasteiger partial charge in [-0.05, 0) is 12.1 Å². The molecule has 1 aromatic carbocycles. The second kappa shape index (κ2) is 6.65. The Morgan fingerprint density at radius 1 is 1.29 bits per heavy atom. The van der Waals surface area contributed by atoms with Crippen LogP contribution < -0.4 is 0 Å². The Balaban J connectivity index is 2.39. The number of methoxy groups -OCH3 is 1. The van der Waals surface area contributed by atoms with E-state index in [0.717, 1.165) is 17.0 Å². The zero-order chi connectivity index (χ0) is 15.2. The topological polar surface area (TPSA) is 57.0 Å². The molecule has 0 unspecified atom stereocenters. The summed E-state index contributed by atoms with van der Waals surface area (Å²) in [5, 5.41) is 8.35. The molecule has 0 saturated carbocycles. The van der Waals surface area contributed by atoms with E-state index in [1.54, 1.807) is 22.9 Å². The van der Waals surface area contributed by atoms with Crippen LogP contribution in [-0.2, 0) is 17.7 Å². The number of carbonyl (C=O) groups excluding carboxylic acids is 1. The van der Waals surface area contributed by atoms with Gasteiger partial charge in [0, 0.05) is 12.0 Å². The monoisotopic (exact) mass is 283 g/mol. The third kappa shape index (κ3) is 3.08. The van der Waals surface area contributed by atoms with Crippen LogP contribution in [0.3, 0.4) is 0 Å². The molecule has 1 aromatic heterocycles. The fourth-order valence-electron chi connectivity index (χ4n) is 2.05. The van der Waals surface area contributed by atoms with E-state index in [9.17, 15) is 4.79 Å². The molecule has 0 aliphatic rings. The van der Waals surface area contributed by atoms with Crippen LogP contribution in [0.25, 0.3) is 11.3 Å². The minimum absolute atomic E-state index is 0.358. The van der Waals surface area contributed by atoms with Crippen LogP contribution in [0.15, 0.2) is 49.6 Å². The number of aromatic nitrogens is 3. The first-order valence-electron chi connectivity index (χ1n) is 6.54. The number of nitrogens with zero attached hydrogens (tertiary/aromatic N) is 3. The number of benzene rings is 1. The fraction of sp³-hybridized carbons (Fsp3) is 0.188. The molecule has 108 valence electrons. The van der Waals surface area contributed by atoms with Gasteiger partial charge in [-0.25, -0.2) is 9.48 Å². The van der Waals surface area contributed by atoms with Crippen molar-refractivity contribution in [1.29, 1.82) is 0 Å². The Morgan fingerprint density at radius 3 is 2.57 bits per heavy atom. The summed E-state index contributed by atoms with van der Waals surface area (Å²) < 4.78 is 6.47. The molecule has 0 aliphatic carbocycles. The van der Waals surface area contributed by atoms with Crippen molar-refractivity contribution in [3.63, 3.8) is 0 Å². The summed E-state index contributed by atoms with van der Waals surface area (Å²) in [6.07, 6.45) is 4.24. The first-order valence-corrected chi connectivity index (χ1v) is 6.54. The van der Waals surface area contributed by atoms with E-state index < -0.39 is 0 Å². The molecule has 1 heterocycles. The Labute approximate surface area is 123 Å². The van der Waals surface area contributed by atoms with Gasteiger partial charge in [0.05, 0.1) is 24.9 Å². The molecule has 0 amide bonds. The molecular formula is C16H17N3O2. The van der Waals surface area contributed by atoms with Crippen molar-refractivity contribution in [1.82, 2.24) is 15.0 Å². The number of ether oxygens (including phenoxy) is 1. The molecule has 5 nitrogen and oxygen atoms in total. The maximum Gasteiger partial charge on any atom is 0.337 e. The van der Waals surface area contributed by atoms with Gasteiger partial charge in [-0.15, -0.1) is 18.3 Å². The molecular weight excluding hydrogens is 266 g/mol.